The Bertz CT molecular complexity index is 191. The molecular weight excluding hydrogens is 198 g/mol. The van der Waals surface area contributed by atoms with E-state index in [9.17, 15) is 4.79 Å². The lowest BCUT2D eigenvalue weighted by molar-refractivity contribution is -0.151. The molecule has 0 aliphatic rings. The molecule has 0 saturated heterocycles. The van der Waals surface area contributed by atoms with Crippen molar-refractivity contribution < 1.29 is 9.53 Å². The van der Waals surface area contributed by atoms with Crippen molar-refractivity contribution in [2.75, 3.05) is 11.5 Å². The molecule has 4 heteroatoms. The minimum Gasteiger partial charge on any atom is -0.459 e. The fourth-order valence-electron chi connectivity index (χ4n) is 0.768. The lowest BCUT2D eigenvalue weighted by Crippen LogP contribution is -2.35. The molecule has 0 aliphatic heterocycles. The van der Waals surface area contributed by atoms with Crippen molar-refractivity contribution in [1.82, 2.24) is 0 Å². The highest BCUT2D eigenvalue weighted by Crippen LogP contribution is 2.13. The molecule has 0 aromatic heterocycles. The summed E-state index contributed by atoms with van der Waals surface area (Å²) in [6, 6.07) is 0. The molecule has 2 N–H and O–H groups in total. The van der Waals surface area contributed by atoms with Crippen molar-refractivity contribution in [2.24, 2.45) is 5.73 Å². The van der Waals surface area contributed by atoms with Crippen LogP contribution < -0.4 is 5.73 Å². The standard InChI is InChI=1S/C10H21NO2S/c1-9(2,3)13-8(12)6-14-7-10(4,5)11/h6-7,11H2,1-5H3. The largest absolute Gasteiger partial charge is 0.459 e. The predicted octanol–water partition coefficient (Wildman–Crippen LogP) is 1.80. The maximum absolute atomic E-state index is 11.3. The molecule has 0 radical (unpaired) electrons. The lowest BCUT2D eigenvalue weighted by Gasteiger charge is -2.20. The van der Waals surface area contributed by atoms with Crippen molar-refractivity contribution >= 4 is 17.7 Å². The summed E-state index contributed by atoms with van der Waals surface area (Å²) in [5.41, 5.74) is 5.15. The maximum atomic E-state index is 11.3. The van der Waals surface area contributed by atoms with E-state index in [2.05, 4.69) is 0 Å². The average molecular weight is 219 g/mol. The number of hydrogen-bond acceptors (Lipinski definition) is 4. The Kier molecular flexibility index (Phi) is 4.95. The summed E-state index contributed by atoms with van der Waals surface area (Å²) in [6.07, 6.45) is 0. The number of nitrogens with two attached hydrogens (primary N) is 1. The van der Waals surface area contributed by atoms with E-state index < -0.39 is 5.60 Å². The summed E-state index contributed by atoms with van der Waals surface area (Å²) in [7, 11) is 0. The van der Waals surface area contributed by atoms with E-state index in [1.807, 2.05) is 34.6 Å². The Balaban J connectivity index is 3.66. The molecule has 0 saturated carbocycles. The van der Waals surface area contributed by atoms with Gasteiger partial charge in [-0.15, -0.1) is 11.8 Å². The van der Waals surface area contributed by atoms with Gasteiger partial charge in [0.05, 0.1) is 5.75 Å². The number of rotatable bonds is 4. The molecule has 0 fully saturated rings. The van der Waals surface area contributed by atoms with Crippen LogP contribution in [0.15, 0.2) is 0 Å². The van der Waals surface area contributed by atoms with E-state index in [-0.39, 0.29) is 11.5 Å². The van der Waals surface area contributed by atoms with Gasteiger partial charge in [0.2, 0.25) is 0 Å². The van der Waals surface area contributed by atoms with Gasteiger partial charge >= 0.3 is 5.97 Å². The summed E-state index contributed by atoms with van der Waals surface area (Å²) in [5, 5.41) is 0. The third-order valence-corrected chi connectivity index (χ3v) is 2.50. The van der Waals surface area contributed by atoms with Crippen molar-refractivity contribution in [1.29, 1.82) is 0 Å². The van der Waals surface area contributed by atoms with Gasteiger partial charge in [-0.3, -0.25) is 4.79 Å². The van der Waals surface area contributed by atoms with Gasteiger partial charge in [0, 0.05) is 11.3 Å². The van der Waals surface area contributed by atoms with Crippen LogP contribution in [0, 0.1) is 0 Å². The second-order valence-electron chi connectivity index (χ2n) is 5.07. The van der Waals surface area contributed by atoms with E-state index in [0.29, 0.717) is 5.75 Å². The van der Waals surface area contributed by atoms with E-state index in [1.165, 1.54) is 11.8 Å². The first-order chi connectivity index (χ1) is 6.10. The second kappa shape index (κ2) is 5.03. The van der Waals surface area contributed by atoms with Gasteiger partial charge in [-0.05, 0) is 34.6 Å². The molecular formula is C10H21NO2S. The average Bonchev–Trinajstić information content (AvgIpc) is 1.78. The second-order valence-corrected chi connectivity index (χ2v) is 6.05. The highest BCUT2D eigenvalue weighted by Gasteiger charge is 2.17. The SMILES string of the molecule is CC(C)(N)CSCC(=O)OC(C)(C)C. The third-order valence-electron chi connectivity index (χ3n) is 1.11. The van der Waals surface area contributed by atoms with Crippen LogP contribution in [0.2, 0.25) is 0 Å². The van der Waals surface area contributed by atoms with Gasteiger partial charge in [0.25, 0.3) is 0 Å². The summed E-state index contributed by atoms with van der Waals surface area (Å²) < 4.78 is 5.15. The van der Waals surface area contributed by atoms with Crippen LogP contribution in [0.25, 0.3) is 0 Å². The quantitative estimate of drug-likeness (QED) is 0.733. The van der Waals surface area contributed by atoms with E-state index >= 15 is 0 Å². The van der Waals surface area contributed by atoms with Gasteiger partial charge in [-0.2, -0.15) is 0 Å². The predicted molar refractivity (Wildman–Crippen MR) is 61.4 cm³/mol. The van der Waals surface area contributed by atoms with Crippen LogP contribution in [0.1, 0.15) is 34.6 Å². The minimum atomic E-state index is -0.393. The van der Waals surface area contributed by atoms with Crippen LogP contribution in [-0.2, 0) is 9.53 Å². The maximum Gasteiger partial charge on any atom is 0.316 e. The number of esters is 1. The van der Waals surface area contributed by atoms with Gasteiger partial charge in [0.15, 0.2) is 0 Å². The zero-order valence-electron chi connectivity index (χ0n) is 9.72. The Labute approximate surface area is 90.8 Å². The molecule has 84 valence electrons. The molecule has 0 aromatic carbocycles. The summed E-state index contributed by atoms with van der Waals surface area (Å²) in [4.78, 5) is 11.3. The summed E-state index contributed by atoms with van der Waals surface area (Å²) in [6.45, 7) is 9.47. The summed E-state index contributed by atoms with van der Waals surface area (Å²) in [5.74, 6) is 0.955. The smallest absolute Gasteiger partial charge is 0.316 e. The number of hydrogen-bond donors (Lipinski definition) is 1. The molecule has 0 bridgehead atoms. The van der Waals surface area contributed by atoms with Gasteiger partial charge in [-0.1, -0.05) is 0 Å². The molecule has 0 atom stereocenters. The van der Waals surface area contributed by atoms with Gasteiger partial charge in [-0.25, -0.2) is 0 Å². The molecule has 0 amide bonds. The van der Waals surface area contributed by atoms with Crippen LogP contribution in [-0.4, -0.2) is 28.6 Å². The van der Waals surface area contributed by atoms with Crippen LogP contribution in [0.4, 0.5) is 0 Å². The first-order valence-corrected chi connectivity index (χ1v) is 5.84. The number of thioether (sulfide) groups is 1. The Hall–Kier alpha value is -0.220. The zero-order chi connectivity index (χ0) is 11.4. The van der Waals surface area contributed by atoms with Crippen LogP contribution in [0.5, 0.6) is 0 Å². The van der Waals surface area contributed by atoms with Crippen molar-refractivity contribution in [3.63, 3.8) is 0 Å². The lowest BCUT2D eigenvalue weighted by atomic mass is 10.1. The third kappa shape index (κ3) is 9.86. The molecule has 14 heavy (non-hydrogen) atoms. The van der Waals surface area contributed by atoms with Crippen LogP contribution >= 0.6 is 11.8 Å². The molecule has 0 spiro atoms. The Morgan fingerprint density at radius 2 is 1.79 bits per heavy atom. The fraction of sp³-hybridized carbons (Fsp3) is 0.900. The highest BCUT2D eigenvalue weighted by atomic mass is 32.2. The monoisotopic (exact) mass is 219 g/mol. The fourth-order valence-corrected chi connectivity index (χ4v) is 1.62. The molecule has 0 unspecified atom stereocenters. The molecule has 0 aliphatic carbocycles. The van der Waals surface area contributed by atoms with Crippen molar-refractivity contribution in [3.8, 4) is 0 Å². The normalized spacial score (nSPS) is 12.7. The van der Waals surface area contributed by atoms with E-state index in [0.717, 1.165) is 5.75 Å². The van der Waals surface area contributed by atoms with Gasteiger partial charge in [0.1, 0.15) is 5.60 Å². The first kappa shape index (κ1) is 13.8. The molecule has 0 aromatic rings. The van der Waals surface area contributed by atoms with Crippen molar-refractivity contribution in [2.45, 2.75) is 45.8 Å². The first-order valence-electron chi connectivity index (χ1n) is 4.69. The Morgan fingerprint density at radius 3 is 2.14 bits per heavy atom. The van der Waals surface area contributed by atoms with Crippen molar-refractivity contribution in [3.05, 3.63) is 0 Å². The van der Waals surface area contributed by atoms with Crippen LogP contribution in [0.3, 0.4) is 0 Å². The highest BCUT2D eigenvalue weighted by molar-refractivity contribution is 8.00. The number of carbonyl (C=O) groups excluding carboxylic acids is 1. The minimum absolute atomic E-state index is 0.174. The van der Waals surface area contributed by atoms with E-state index in [4.69, 9.17) is 10.5 Å². The molecule has 3 nitrogen and oxygen atoms in total. The number of carbonyl (C=O) groups is 1. The molecule has 0 heterocycles. The Morgan fingerprint density at radius 1 is 1.29 bits per heavy atom. The van der Waals surface area contributed by atoms with E-state index in [1.54, 1.807) is 0 Å². The summed E-state index contributed by atoms with van der Waals surface area (Å²) >= 11 is 1.51. The van der Waals surface area contributed by atoms with Gasteiger partial charge < -0.3 is 10.5 Å². The molecule has 0 rings (SSSR count). The number of ether oxygens (including phenoxy) is 1. The zero-order valence-corrected chi connectivity index (χ0v) is 10.5. The topological polar surface area (TPSA) is 52.3 Å².